The molecule has 0 aromatic rings. The van der Waals surface area contributed by atoms with Crippen LogP contribution in [0, 0.1) is 16.0 Å². The summed E-state index contributed by atoms with van der Waals surface area (Å²) in [4.78, 5) is 20.8. The SMILES string of the molecule is CC.C\C=C/C=C(\C(C=O)=C/C(C)C)[N+](=O)[O-]. The third-order valence-corrected chi connectivity index (χ3v) is 1.58. The van der Waals surface area contributed by atoms with E-state index in [-0.39, 0.29) is 17.2 Å². The predicted octanol–water partition coefficient (Wildman–Crippen LogP) is 3.53. The maximum atomic E-state index is 10.7. The van der Waals surface area contributed by atoms with Crippen LogP contribution < -0.4 is 0 Å². The Hall–Kier alpha value is -1.71. The topological polar surface area (TPSA) is 60.2 Å². The highest BCUT2D eigenvalue weighted by atomic mass is 16.6. The summed E-state index contributed by atoms with van der Waals surface area (Å²) in [6.45, 7) is 9.47. The van der Waals surface area contributed by atoms with Crippen LogP contribution in [0.4, 0.5) is 0 Å². The van der Waals surface area contributed by atoms with Gasteiger partial charge >= 0.3 is 0 Å². The average molecular weight is 239 g/mol. The van der Waals surface area contributed by atoms with Gasteiger partial charge in [0, 0.05) is 6.08 Å². The Kier molecular flexibility index (Phi) is 11.2. The van der Waals surface area contributed by atoms with Gasteiger partial charge in [0.05, 0.1) is 10.5 Å². The molecule has 4 nitrogen and oxygen atoms in total. The van der Waals surface area contributed by atoms with E-state index in [2.05, 4.69) is 0 Å². The van der Waals surface area contributed by atoms with Crippen molar-refractivity contribution in [3.05, 3.63) is 45.7 Å². The lowest BCUT2D eigenvalue weighted by Gasteiger charge is -1.99. The molecule has 0 saturated heterocycles. The van der Waals surface area contributed by atoms with Crippen molar-refractivity contribution in [2.75, 3.05) is 0 Å². The van der Waals surface area contributed by atoms with Crippen LogP contribution in [0.25, 0.3) is 0 Å². The van der Waals surface area contributed by atoms with E-state index in [4.69, 9.17) is 0 Å². The lowest BCUT2D eigenvalue weighted by molar-refractivity contribution is -0.420. The summed E-state index contributed by atoms with van der Waals surface area (Å²) in [5.41, 5.74) is -0.0510. The second-order valence-corrected chi connectivity index (χ2v) is 3.32. The van der Waals surface area contributed by atoms with E-state index in [0.717, 1.165) is 0 Å². The summed E-state index contributed by atoms with van der Waals surface area (Å²) >= 11 is 0. The van der Waals surface area contributed by atoms with Gasteiger partial charge in [-0.15, -0.1) is 0 Å². The normalized spacial score (nSPS) is 12.4. The number of nitrogens with zero attached hydrogens (tertiary/aromatic N) is 1. The van der Waals surface area contributed by atoms with Gasteiger partial charge in [-0.3, -0.25) is 14.9 Å². The average Bonchev–Trinajstić information content (AvgIpc) is 2.29. The number of allylic oxidation sites excluding steroid dienone is 5. The number of hydrogen-bond donors (Lipinski definition) is 0. The van der Waals surface area contributed by atoms with Crippen molar-refractivity contribution in [3.63, 3.8) is 0 Å². The van der Waals surface area contributed by atoms with Gasteiger partial charge in [0.2, 0.25) is 0 Å². The second kappa shape index (κ2) is 10.8. The monoisotopic (exact) mass is 239 g/mol. The Morgan fingerprint density at radius 1 is 1.29 bits per heavy atom. The van der Waals surface area contributed by atoms with Crippen molar-refractivity contribution in [3.8, 4) is 0 Å². The fraction of sp³-hybridized carbons (Fsp3) is 0.462. The zero-order valence-corrected chi connectivity index (χ0v) is 11.1. The number of aldehydes is 1. The number of rotatable bonds is 5. The number of hydrogen-bond acceptors (Lipinski definition) is 3. The molecule has 4 heteroatoms. The molecule has 0 rings (SSSR count). The van der Waals surface area contributed by atoms with Crippen molar-refractivity contribution in [1.82, 2.24) is 0 Å². The summed E-state index contributed by atoms with van der Waals surface area (Å²) < 4.78 is 0. The zero-order valence-electron chi connectivity index (χ0n) is 11.1. The van der Waals surface area contributed by atoms with E-state index in [0.29, 0.717) is 6.29 Å². The van der Waals surface area contributed by atoms with Gasteiger partial charge in [0.25, 0.3) is 5.70 Å². The van der Waals surface area contributed by atoms with Gasteiger partial charge in [-0.05, 0) is 12.8 Å². The van der Waals surface area contributed by atoms with Crippen molar-refractivity contribution < 1.29 is 9.72 Å². The summed E-state index contributed by atoms with van der Waals surface area (Å²) in [6, 6.07) is 0. The molecule has 0 amide bonds. The van der Waals surface area contributed by atoms with Crippen molar-refractivity contribution >= 4 is 6.29 Å². The van der Waals surface area contributed by atoms with Crippen molar-refractivity contribution in [1.29, 1.82) is 0 Å². The maximum Gasteiger partial charge on any atom is 0.279 e. The standard InChI is InChI=1S/C11H15NO3.C2H6/c1-4-5-6-11(12(14)15)10(8-13)7-9(2)3;1-2/h4-9H,1-3H3;1-2H3/b5-4-,10-7-,11-6+;. The molecule has 0 bridgehead atoms. The molecule has 0 spiro atoms. The van der Waals surface area contributed by atoms with Crippen LogP contribution in [0.2, 0.25) is 0 Å². The molecule has 96 valence electrons. The van der Waals surface area contributed by atoms with E-state index in [1.54, 1.807) is 19.1 Å². The molecular weight excluding hydrogens is 218 g/mol. The van der Waals surface area contributed by atoms with E-state index >= 15 is 0 Å². The summed E-state index contributed by atoms with van der Waals surface area (Å²) in [5, 5.41) is 10.7. The molecule has 17 heavy (non-hydrogen) atoms. The number of carbonyl (C=O) groups excluding carboxylic acids is 1. The van der Waals surface area contributed by atoms with E-state index in [9.17, 15) is 14.9 Å². The molecule has 0 aliphatic rings. The second-order valence-electron chi connectivity index (χ2n) is 3.32. The Labute approximate surface area is 103 Å². The van der Waals surface area contributed by atoms with Gasteiger partial charge in [0.15, 0.2) is 6.29 Å². The zero-order chi connectivity index (χ0) is 13.8. The minimum absolute atomic E-state index is 0.0964. The van der Waals surface area contributed by atoms with Crippen LogP contribution in [0.15, 0.2) is 35.6 Å². The van der Waals surface area contributed by atoms with Crippen molar-refractivity contribution in [2.24, 2.45) is 5.92 Å². The quantitative estimate of drug-likeness (QED) is 0.242. The molecule has 0 aliphatic heterocycles. The highest BCUT2D eigenvalue weighted by molar-refractivity contribution is 5.79. The smallest absolute Gasteiger partial charge is 0.279 e. The highest BCUT2D eigenvalue weighted by Gasteiger charge is 2.15. The van der Waals surface area contributed by atoms with Crippen LogP contribution in [-0.2, 0) is 4.79 Å². The Bertz CT molecular complexity index is 326. The first-order valence-electron chi connectivity index (χ1n) is 5.67. The maximum absolute atomic E-state index is 10.7. The molecule has 0 heterocycles. The van der Waals surface area contributed by atoms with Crippen molar-refractivity contribution in [2.45, 2.75) is 34.6 Å². The lowest BCUT2D eigenvalue weighted by Crippen LogP contribution is -2.04. The number of nitro groups is 1. The predicted molar refractivity (Wildman–Crippen MR) is 70.2 cm³/mol. The van der Waals surface area contributed by atoms with Gasteiger partial charge in [-0.1, -0.05) is 45.9 Å². The fourth-order valence-electron chi connectivity index (χ4n) is 0.994. The number of carbonyl (C=O) groups is 1. The Morgan fingerprint density at radius 3 is 2.12 bits per heavy atom. The van der Waals surface area contributed by atoms with Crippen LogP contribution in [0.5, 0.6) is 0 Å². The van der Waals surface area contributed by atoms with E-state index in [1.165, 1.54) is 12.2 Å². The van der Waals surface area contributed by atoms with Gasteiger partial charge < -0.3 is 0 Å². The molecule has 0 aliphatic carbocycles. The van der Waals surface area contributed by atoms with Gasteiger partial charge in [-0.25, -0.2) is 0 Å². The highest BCUT2D eigenvalue weighted by Crippen LogP contribution is 2.11. The summed E-state index contributed by atoms with van der Waals surface area (Å²) in [5.74, 6) is 0.0964. The Balaban J connectivity index is 0. The fourth-order valence-corrected chi connectivity index (χ4v) is 0.994. The molecule has 0 saturated carbocycles. The molecule has 0 atom stereocenters. The Morgan fingerprint density at radius 2 is 1.82 bits per heavy atom. The molecule has 0 radical (unpaired) electrons. The lowest BCUT2D eigenvalue weighted by atomic mass is 10.1. The first-order chi connectivity index (χ1) is 8.02. The van der Waals surface area contributed by atoms with Crippen LogP contribution in [0.3, 0.4) is 0 Å². The van der Waals surface area contributed by atoms with Crippen LogP contribution in [-0.4, -0.2) is 11.2 Å². The molecule has 0 N–H and O–H groups in total. The first-order valence-corrected chi connectivity index (χ1v) is 5.67. The third kappa shape index (κ3) is 8.13. The first kappa shape index (κ1) is 17.7. The third-order valence-electron chi connectivity index (χ3n) is 1.58. The van der Waals surface area contributed by atoms with Gasteiger partial charge in [0.1, 0.15) is 0 Å². The minimum Gasteiger partial charge on any atom is -0.298 e. The molecule has 0 aromatic heterocycles. The van der Waals surface area contributed by atoms with Crippen LogP contribution in [0.1, 0.15) is 34.6 Å². The van der Waals surface area contributed by atoms with Gasteiger partial charge in [-0.2, -0.15) is 0 Å². The minimum atomic E-state index is -0.553. The van der Waals surface area contributed by atoms with E-state index in [1.807, 2.05) is 27.7 Å². The molecule has 0 unspecified atom stereocenters. The van der Waals surface area contributed by atoms with Crippen LogP contribution >= 0.6 is 0 Å². The molecule has 0 fully saturated rings. The summed E-state index contributed by atoms with van der Waals surface area (Å²) in [7, 11) is 0. The summed E-state index contributed by atoms with van der Waals surface area (Å²) in [6.07, 6.45) is 6.61. The molecule has 0 aromatic carbocycles. The molecular formula is C13H21NO3. The van der Waals surface area contributed by atoms with E-state index < -0.39 is 4.92 Å². The largest absolute Gasteiger partial charge is 0.298 e.